The number of benzene rings is 1. The second kappa shape index (κ2) is 8.28. The van der Waals surface area contributed by atoms with Crippen molar-refractivity contribution in [2.24, 2.45) is 0 Å². The van der Waals surface area contributed by atoms with Gasteiger partial charge in [-0.05, 0) is 31.5 Å². The van der Waals surface area contributed by atoms with E-state index in [1.807, 2.05) is 0 Å². The molecule has 2 amide bonds. The summed E-state index contributed by atoms with van der Waals surface area (Å²) in [6.45, 7) is 1.67. The first-order chi connectivity index (χ1) is 12.3. The third-order valence-corrected chi connectivity index (χ3v) is 3.91. The quantitative estimate of drug-likeness (QED) is 0.788. The maximum absolute atomic E-state index is 12.0. The van der Waals surface area contributed by atoms with E-state index in [2.05, 4.69) is 10.4 Å². The number of carbonyl (C=O) groups is 3. The molecule has 0 radical (unpaired) electrons. The number of carbonyl (C=O) groups excluding carboxylic acids is 2. The average Bonchev–Trinajstić information content (AvgIpc) is 2.96. The average molecular weight is 358 g/mol. The smallest absolute Gasteiger partial charge is 0.339 e. The molecule has 2 N–H and O–H groups in total. The summed E-state index contributed by atoms with van der Waals surface area (Å²) in [6.07, 6.45) is 2.34. The van der Waals surface area contributed by atoms with Gasteiger partial charge < -0.3 is 15.3 Å². The Morgan fingerprint density at radius 3 is 2.58 bits per heavy atom. The van der Waals surface area contributed by atoms with Crippen molar-refractivity contribution in [2.75, 3.05) is 19.4 Å². The molecule has 8 nitrogen and oxygen atoms in total. The minimum Gasteiger partial charge on any atom is -0.478 e. The van der Waals surface area contributed by atoms with Gasteiger partial charge in [0, 0.05) is 32.6 Å². The number of amides is 2. The van der Waals surface area contributed by atoms with Gasteiger partial charge >= 0.3 is 5.97 Å². The highest BCUT2D eigenvalue weighted by Crippen LogP contribution is 2.18. The zero-order chi connectivity index (χ0) is 19.3. The van der Waals surface area contributed by atoms with Crippen LogP contribution in [0.3, 0.4) is 0 Å². The second-order valence-corrected chi connectivity index (χ2v) is 6.10. The number of rotatable bonds is 7. The lowest BCUT2D eigenvalue weighted by Gasteiger charge is -2.10. The zero-order valence-electron chi connectivity index (χ0n) is 15.0. The topological polar surface area (TPSA) is 105 Å². The summed E-state index contributed by atoms with van der Waals surface area (Å²) in [7, 11) is 3.36. The molecule has 26 heavy (non-hydrogen) atoms. The van der Waals surface area contributed by atoms with Gasteiger partial charge in [0.05, 0.1) is 17.6 Å². The van der Waals surface area contributed by atoms with Crippen LogP contribution < -0.4 is 5.32 Å². The van der Waals surface area contributed by atoms with E-state index in [-0.39, 0.29) is 23.8 Å². The molecule has 0 aliphatic carbocycles. The molecule has 138 valence electrons. The fourth-order valence-electron chi connectivity index (χ4n) is 2.44. The Hall–Kier alpha value is -3.16. The summed E-state index contributed by atoms with van der Waals surface area (Å²) in [4.78, 5) is 36.2. The lowest BCUT2D eigenvalue weighted by Crippen LogP contribution is -2.21. The largest absolute Gasteiger partial charge is 0.478 e. The number of aromatic nitrogens is 2. The first kappa shape index (κ1) is 19.2. The molecular formula is C18H22N4O4. The normalized spacial score (nSPS) is 10.4. The van der Waals surface area contributed by atoms with Crippen LogP contribution >= 0.6 is 0 Å². The molecule has 8 heteroatoms. The summed E-state index contributed by atoms with van der Waals surface area (Å²) in [5, 5.41) is 16.0. The van der Waals surface area contributed by atoms with Gasteiger partial charge in [-0.3, -0.25) is 9.59 Å². The van der Waals surface area contributed by atoms with Crippen molar-refractivity contribution in [3.63, 3.8) is 0 Å². The Morgan fingerprint density at radius 1 is 1.23 bits per heavy atom. The molecule has 0 bridgehead atoms. The van der Waals surface area contributed by atoms with Crippen LogP contribution in [-0.2, 0) is 9.59 Å². The van der Waals surface area contributed by atoms with Gasteiger partial charge in [-0.1, -0.05) is 6.07 Å². The van der Waals surface area contributed by atoms with Gasteiger partial charge in [-0.2, -0.15) is 5.10 Å². The fourth-order valence-corrected chi connectivity index (χ4v) is 2.44. The molecule has 0 atom stereocenters. The van der Waals surface area contributed by atoms with E-state index in [9.17, 15) is 14.4 Å². The molecular weight excluding hydrogens is 336 g/mol. The van der Waals surface area contributed by atoms with Gasteiger partial charge in [-0.15, -0.1) is 0 Å². The predicted molar refractivity (Wildman–Crippen MR) is 96.4 cm³/mol. The standard InChI is InChI=1S/C18H22N4O4/c1-12-15(18(25)26)11-19-22(12)14-7-4-6-13(10-14)20-16(23)8-5-9-17(24)21(2)3/h4,6-7,10-11H,5,8-9H2,1-3H3,(H,20,23)(H,25,26). The van der Waals surface area contributed by atoms with Crippen LogP contribution in [-0.4, -0.2) is 51.7 Å². The number of hydrogen-bond donors (Lipinski definition) is 2. The Kier molecular flexibility index (Phi) is 6.11. The first-order valence-electron chi connectivity index (χ1n) is 8.18. The van der Waals surface area contributed by atoms with Crippen LogP contribution in [0.1, 0.15) is 35.3 Å². The number of nitrogens with one attached hydrogen (secondary N) is 1. The van der Waals surface area contributed by atoms with Crippen molar-refractivity contribution in [2.45, 2.75) is 26.2 Å². The minimum atomic E-state index is -1.04. The van der Waals surface area contributed by atoms with Crippen molar-refractivity contribution >= 4 is 23.5 Å². The molecule has 2 rings (SSSR count). The zero-order valence-corrected chi connectivity index (χ0v) is 15.0. The van der Waals surface area contributed by atoms with Crippen molar-refractivity contribution in [1.82, 2.24) is 14.7 Å². The molecule has 0 fully saturated rings. The van der Waals surface area contributed by atoms with Crippen LogP contribution in [0.2, 0.25) is 0 Å². The van der Waals surface area contributed by atoms with Crippen molar-refractivity contribution in [3.05, 3.63) is 41.7 Å². The van der Waals surface area contributed by atoms with Gasteiger partial charge in [0.2, 0.25) is 11.8 Å². The maximum Gasteiger partial charge on any atom is 0.339 e. The third kappa shape index (κ3) is 4.69. The molecule has 0 saturated carbocycles. The Balaban J connectivity index is 2.02. The monoisotopic (exact) mass is 358 g/mol. The van der Waals surface area contributed by atoms with Crippen LogP contribution in [0.15, 0.2) is 30.5 Å². The SMILES string of the molecule is Cc1c(C(=O)O)cnn1-c1cccc(NC(=O)CCCC(=O)N(C)C)c1. The first-order valence-corrected chi connectivity index (χ1v) is 8.18. The third-order valence-electron chi connectivity index (χ3n) is 3.91. The second-order valence-electron chi connectivity index (χ2n) is 6.10. The molecule has 0 unspecified atom stereocenters. The van der Waals surface area contributed by atoms with E-state index < -0.39 is 5.97 Å². The number of carboxylic acids is 1. The molecule has 0 aliphatic heterocycles. The van der Waals surface area contributed by atoms with E-state index in [0.29, 0.717) is 29.9 Å². The lowest BCUT2D eigenvalue weighted by atomic mass is 10.2. The predicted octanol–water partition coefficient (Wildman–Crippen LogP) is 2.08. The van der Waals surface area contributed by atoms with E-state index in [1.54, 1.807) is 45.3 Å². The van der Waals surface area contributed by atoms with E-state index in [4.69, 9.17) is 5.11 Å². The number of aromatic carboxylic acids is 1. The Morgan fingerprint density at radius 2 is 1.96 bits per heavy atom. The van der Waals surface area contributed by atoms with Crippen molar-refractivity contribution < 1.29 is 19.5 Å². The fraction of sp³-hybridized carbons (Fsp3) is 0.333. The Labute approximate surface area is 151 Å². The van der Waals surface area contributed by atoms with E-state index in [0.717, 1.165) is 0 Å². The molecule has 0 aliphatic rings. The lowest BCUT2D eigenvalue weighted by molar-refractivity contribution is -0.128. The molecule has 1 aromatic carbocycles. The highest BCUT2D eigenvalue weighted by atomic mass is 16.4. The van der Waals surface area contributed by atoms with E-state index >= 15 is 0 Å². The van der Waals surface area contributed by atoms with Crippen LogP contribution in [0.5, 0.6) is 0 Å². The summed E-state index contributed by atoms with van der Waals surface area (Å²) in [5.74, 6) is -1.23. The number of nitrogens with zero attached hydrogens (tertiary/aromatic N) is 3. The van der Waals surface area contributed by atoms with Crippen LogP contribution in [0, 0.1) is 6.92 Å². The van der Waals surface area contributed by atoms with Crippen molar-refractivity contribution in [3.8, 4) is 5.69 Å². The molecule has 2 aromatic rings. The van der Waals surface area contributed by atoms with Gasteiger partial charge in [-0.25, -0.2) is 9.48 Å². The van der Waals surface area contributed by atoms with Gasteiger partial charge in [0.1, 0.15) is 5.56 Å². The minimum absolute atomic E-state index is 0.0109. The van der Waals surface area contributed by atoms with Gasteiger partial charge in [0.25, 0.3) is 0 Å². The van der Waals surface area contributed by atoms with Gasteiger partial charge in [0.15, 0.2) is 0 Å². The highest BCUT2D eigenvalue weighted by Gasteiger charge is 2.14. The van der Waals surface area contributed by atoms with Crippen molar-refractivity contribution in [1.29, 1.82) is 0 Å². The molecule has 1 heterocycles. The summed E-state index contributed by atoms with van der Waals surface area (Å²) in [6, 6.07) is 6.98. The number of anilines is 1. The van der Waals surface area contributed by atoms with Crippen LogP contribution in [0.4, 0.5) is 5.69 Å². The summed E-state index contributed by atoms with van der Waals surface area (Å²) >= 11 is 0. The number of carboxylic acid groups (broad SMARTS) is 1. The van der Waals surface area contributed by atoms with E-state index in [1.165, 1.54) is 15.8 Å². The summed E-state index contributed by atoms with van der Waals surface area (Å²) < 4.78 is 1.51. The molecule has 1 aromatic heterocycles. The molecule has 0 spiro atoms. The maximum atomic E-state index is 12.0. The summed E-state index contributed by atoms with van der Waals surface area (Å²) in [5.41, 5.74) is 1.86. The highest BCUT2D eigenvalue weighted by molar-refractivity contribution is 5.91. The number of hydrogen-bond acceptors (Lipinski definition) is 4. The van der Waals surface area contributed by atoms with Crippen LogP contribution in [0.25, 0.3) is 5.69 Å². The Bertz CT molecular complexity index is 826. The molecule has 0 saturated heterocycles.